The largest absolute Gasteiger partial charge is 0.454 e. The maximum Gasteiger partial charge on any atom is 0.159 e. The van der Waals surface area contributed by atoms with E-state index in [1.54, 1.807) is 0 Å². The maximum absolute atomic E-state index is 6.84. The second kappa shape index (κ2) is 15.3. The fourth-order valence-electron chi connectivity index (χ4n) is 12.0. The second-order valence-corrected chi connectivity index (χ2v) is 18.8. The van der Waals surface area contributed by atoms with E-state index in [0.717, 1.165) is 95.4 Å². The van der Waals surface area contributed by atoms with Crippen molar-refractivity contribution in [2.75, 3.05) is 9.80 Å². The fourth-order valence-corrected chi connectivity index (χ4v) is 12.0. The molecule has 332 valence electrons. The molecule has 3 aliphatic rings. The summed E-state index contributed by atoms with van der Waals surface area (Å²) in [6, 6.07) is 92.3. The van der Waals surface area contributed by atoms with E-state index in [-0.39, 0.29) is 0 Å². The standard InChI is InChI=1S/C67H42N2O2/c1-3-17-43(18-4-1)45-33-36-49(37-34-45)68(61-29-15-24-54-53-23-9-13-30-62(53)71-66(54)61)50-40-47(44-19-5-2-6-20-44)39-48(41-50)46-35-38-59-58(42-46)67(55-25-10-7-21-51(55)52-22-8-11-26-56(52)67)57-27-16-32-64-65(57)69(59)60-28-12-14-31-63(60)70-64/h1-42H. The Morgan fingerprint density at radius 2 is 0.930 bits per heavy atom. The number of rotatable bonds is 6. The van der Waals surface area contributed by atoms with Gasteiger partial charge in [-0.1, -0.05) is 182 Å². The van der Waals surface area contributed by atoms with Crippen LogP contribution in [0.4, 0.5) is 34.1 Å². The van der Waals surface area contributed by atoms with E-state index in [2.05, 4.69) is 259 Å². The Hall–Kier alpha value is -9.38. The summed E-state index contributed by atoms with van der Waals surface area (Å²) in [6.45, 7) is 0. The molecule has 0 radical (unpaired) electrons. The average Bonchev–Trinajstić information content (AvgIpc) is 3.97. The number of ether oxygens (including phenoxy) is 1. The molecule has 12 aromatic rings. The number of fused-ring (bicyclic) bond motifs is 14. The summed E-state index contributed by atoms with van der Waals surface area (Å²) in [5, 5.41) is 2.17. The third-order valence-corrected chi connectivity index (χ3v) is 15.0. The van der Waals surface area contributed by atoms with E-state index in [0.29, 0.717) is 0 Å². The summed E-state index contributed by atoms with van der Waals surface area (Å²) in [5.41, 5.74) is 21.6. The van der Waals surface area contributed by atoms with Gasteiger partial charge in [0.25, 0.3) is 0 Å². The number of anilines is 6. The van der Waals surface area contributed by atoms with Gasteiger partial charge in [0.2, 0.25) is 0 Å². The minimum Gasteiger partial charge on any atom is -0.454 e. The van der Waals surface area contributed by atoms with Gasteiger partial charge in [0.05, 0.1) is 28.2 Å². The summed E-state index contributed by atoms with van der Waals surface area (Å²) >= 11 is 0. The lowest BCUT2D eigenvalue weighted by atomic mass is 9.64. The molecule has 11 aromatic carbocycles. The monoisotopic (exact) mass is 906 g/mol. The molecule has 4 heteroatoms. The third kappa shape index (κ3) is 5.79. The van der Waals surface area contributed by atoms with Crippen LogP contribution in [0, 0.1) is 0 Å². The molecule has 2 aliphatic heterocycles. The third-order valence-electron chi connectivity index (χ3n) is 15.0. The maximum atomic E-state index is 6.84. The Kier molecular flexibility index (Phi) is 8.54. The molecule has 0 bridgehead atoms. The van der Waals surface area contributed by atoms with Crippen molar-refractivity contribution in [3.05, 3.63) is 277 Å². The highest BCUT2D eigenvalue weighted by Crippen LogP contribution is 2.67. The van der Waals surface area contributed by atoms with Crippen molar-refractivity contribution in [3.8, 4) is 56.0 Å². The van der Waals surface area contributed by atoms with E-state index in [1.807, 2.05) is 6.07 Å². The second-order valence-electron chi connectivity index (χ2n) is 18.8. The molecule has 0 fully saturated rings. The first-order valence-electron chi connectivity index (χ1n) is 24.3. The van der Waals surface area contributed by atoms with E-state index >= 15 is 0 Å². The molecular weight excluding hydrogens is 865 g/mol. The van der Waals surface area contributed by atoms with Crippen LogP contribution in [-0.4, -0.2) is 0 Å². The molecule has 3 heterocycles. The van der Waals surface area contributed by atoms with Crippen molar-refractivity contribution in [2.24, 2.45) is 0 Å². The predicted molar refractivity (Wildman–Crippen MR) is 290 cm³/mol. The Morgan fingerprint density at radius 3 is 1.70 bits per heavy atom. The van der Waals surface area contributed by atoms with Gasteiger partial charge >= 0.3 is 0 Å². The van der Waals surface area contributed by atoms with E-state index in [1.165, 1.54) is 38.9 Å². The van der Waals surface area contributed by atoms with Gasteiger partial charge in [-0.25, -0.2) is 0 Å². The van der Waals surface area contributed by atoms with Crippen molar-refractivity contribution in [1.29, 1.82) is 0 Å². The van der Waals surface area contributed by atoms with Gasteiger partial charge in [0, 0.05) is 22.1 Å². The van der Waals surface area contributed by atoms with Gasteiger partial charge in [-0.2, -0.15) is 0 Å². The molecule has 0 atom stereocenters. The Bertz CT molecular complexity index is 4050. The first-order chi connectivity index (χ1) is 35.2. The topological polar surface area (TPSA) is 28.9 Å². The highest BCUT2D eigenvalue weighted by molar-refractivity contribution is 6.10. The van der Waals surface area contributed by atoms with E-state index in [4.69, 9.17) is 9.15 Å². The van der Waals surface area contributed by atoms with Crippen LogP contribution in [0.2, 0.25) is 0 Å². The number of hydrogen-bond donors (Lipinski definition) is 0. The Labute approximate surface area is 411 Å². The van der Waals surface area contributed by atoms with E-state index < -0.39 is 5.41 Å². The number of hydrogen-bond acceptors (Lipinski definition) is 4. The quantitative estimate of drug-likeness (QED) is 0.166. The van der Waals surface area contributed by atoms with Crippen molar-refractivity contribution < 1.29 is 9.15 Å². The number of furan rings is 1. The molecule has 1 spiro atoms. The molecule has 0 saturated heterocycles. The minimum absolute atomic E-state index is 0.640. The molecule has 0 saturated carbocycles. The fraction of sp³-hybridized carbons (Fsp3) is 0.0149. The molecule has 1 aromatic heterocycles. The molecular formula is C67H42N2O2. The summed E-state index contributed by atoms with van der Waals surface area (Å²) in [5.74, 6) is 1.70. The molecule has 71 heavy (non-hydrogen) atoms. The predicted octanol–water partition coefficient (Wildman–Crippen LogP) is 18.3. The molecule has 0 unspecified atom stereocenters. The Balaban J connectivity index is 1.00. The van der Waals surface area contributed by atoms with Crippen LogP contribution >= 0.6 is 0 Å². The molecule has 4 nitrogen and oxygen atoms in total. The van der Waals surface area contributed by atoms with Gasteiger partial charge in [-0.3, -0.25) is 0 Å². The van der Waals surface area contributed by atoms with Gasteiger partial charge in [-0.05, 0) is 140 Å². The summed E-state index contributed by atoms with van der Waals surface area (Å²) < 4.78 is 13.6. The summed E-state index contributed by atoms with van der Waals surface area (Å²) in [4.78, 5) is 4.82. The van der Waals surface area contributed by atoms with Crippen LogP contribution in [0.3, 0.4) is 0 Å². The SMILES string of the molecule is c1ccc(-c2ccc(N(c3cc(-c4ccccc4)cc(-c4ccc5c(c4)C4(c6ccccc6-c6ccccc64)c4cccc6c4N5c4ccccc4O6)c3)c3cccc4c3oc3ccccc34)cc2)cc1. The van der Waals surface area contributed by atoms with Crippen LogP contribution in [0.25, 0.3) is 66.4 Å². The van der Waals surface area contributed by atoms with Crippen molar-refractivity contribution >= 4 is 56.1 Å². The van der Waals surface area contributed by atoms with Crippen LogP contribution < -0.4 is 14.5 Å². The molecule has 0 N–H and O–H groups in total. The first-order valence-corrected chi connectivity index (χ1v) is 24.3. The zero-order chi connectivity index (χ0) is 46.6. The minimum atomic E-state index is -0.640. The van der Waals surface area contributed by atoms with Crippen LogP contribution in [-0.2, 0) is 5.41 Å². The summed E-state index contributed by atoms with van der Waals surface area (Å²) in [6.07, 6.45) is 0. The van der Waals surface area contributed by atoms with E-state index in [9.17, 15) is 0 Å². The normalized spacial score (nSPS) is 13.3. The van der Waals surface area contributed by atoms with Crippen molar-refractivity contribution in [3.63, 3.8) is 0 Å². The van der Waals surface area contributed by atoms with Crippen molar-refractivity contribution in [2.45, 2.75) is 5.41 Å². The van der Waals surface area contributed by atoms with Gasteiger partial charge < -0.3 is 19.0 Å². The zero-order valence-corrected chi connectivity index (χ0v) is 38.5. The number of para-hydroxylation sites is 5. The van der Waals surface area contributed by atoms with Crippen LogP contribution in [0.1, 0.15) is 22.3 Å². The van der Waals surface area contributed by atoms with Gasteiger partial charge in [-0.15, -0.1) is 0 Å². The highest BCUT2D eigenvalue weighted by Gasteiger charge is 2.53. The summed E-state index contributed by atoms with van der Waals surface area (Å²) in [7, 11) is 0. The van der Waals surface area contributed by atoms with Gasteiger partial charge in [0.15, 0.2) is 17.1 Å². The van der Waals surface area contributed by atoms with Crippen LogP contribution in [0.15, 0.2) is 259 Å². The Morgan fingerprint density at radius 1 is 0.352 bits per heavy atom. The van der Waals surface area contributed by atoms with Crippen LogP contribution in [0.5, 0.6) is 11.5 Å². The molecule has 1 aliphatic carbocycles. The average molecular weight is 907 g/mol. The lowest BCUT2D eigenvalue weighted by molar-refractivity contribution is 0.473. The lowest BCUT2D eigenvalue weighted by Crippen LogP contribution is -2.37. The lowest BCUT2D eigenvalue weighted by Gasteiger charge is -2.47. The molecule has 15 rings (SSSR count). The number of nitrogens with zero attached hydrogens (tertiary/aromatic N) is 2. The first kappa shape index (κ1) is 39.6. The highest BCUT2D eigenvalue weighted by atomic mass is 16.5. The van der Waals surface area contributed by atoms with Gasteiger partial charge in [0.1, 0.15) is 5.58 Å². The smallest absolute Gasteiger partial charge is 0.159 e. The molecule has 0 amide bonds. The number of benzene rings is 11. The zero-order valence-electron chi connectivity index (χ0n) is 38.5. The van der Waals surface area contributed by atoms with Crippen molar-refractivity contribution in [1.82, 2.24) is 0 Å².